The van der Waals surface area contributed by atoms with Gasteiger partial charge in [-0.25, -0.2) is 13.2 Å². The third-order valence-electron chi connectivity index (χ3n) is 3.20. The number of ether oxygens (including phenoxy) is 1. The van der Waals surface area contributed by atoms with Crippen LogP contribution in [0, 0.1) is 0 Å². The van der Waals surface area contributed by atoms with Crippen molar-refractivity contribution < 1.29 is 23.1 Å². The Morgan fingerprint density at radius 3 is 2.88 bits per heavy atom. The highest BCUT2D eigenvalue weighted by molar-refractivity contribution is 7.91. The number of carbonyl (C=O) groups is 1. The molecule has 2 fully saturated rings. The van der Waals surface area contributed by atoms with Gasteiger partial charge in [-0.3, -0.25) is 0 Å². The van der Waals surface area contributed by atoms with Crippen LogP contribution in [0.1, 0.15) is 19.3 Å². The second kappa shape index (κ2) is 4.45. The Morgan fingerprint density at radius 1 is 1.47 bits per heavy atom. The molecule has 0 saturated carbocycles. The Kier molecular flexibility index (Phi) is 3.31. The first-order valence-electron chi connectivity index (χ1n) is 5.76. The number of amides is 1. The maximum absolute atomic E-state index is 11.6. The molecule has 0 bridgehead atoms. The molecule has 1 atom stereocenters. The molecule has 6 nitrogen and oxygen atoms in total. The van der Waals surface area contributed by atoms with Crippen molar-refractivity contribution in [3.8, 4) is 0 Å². The summed E-state index contributed by atoms with van der Waals surface area (Å²) in [7, 11) is -3.10. The van der Waals surface area contributed by atoms with Gasteiger partial charge in [0, 0.05) is 13.2 Å². The number of carbonyl (C=O) groups excluding carboxylic acids is 1. The van der Waals surface area contributed by atoms with Crippen LogP contribution in [0.15, 0.2) is 0 Å². The summed E-state index contributed by atoms with van der Waals surface area (Å²) < 4.78 is 28.4. The summed E-state index contributed by atoms with van der Waals surface area (Å²) >= 11 is 0. The third kappa shape index (κ3) is 2.71. The lowest BCUT2D eigenvalue weighted by Gasteiger charge is -2.30. The molecule has 0 aromatic carbocycles. The van der Waals surface area contributed by atoms with E-state index >= 15 is 0 Å². The standard InChI is InChI=1S/C10H17NO5S/c12-5-2-4-11-7-10(16-9(11)13)3-1-6-17(14,15)8-10/h12H,1-8H2. The molecule has 1 unspecified atom stereocenters. The first kappa shape index (κ1) is 12.6. The van der Waals surface area contributed by atoms with Crippen molar-refractivity contribution in [2.45, 2.75) is 24.9 Å². The molecule has 2 aliphatic heterocycles. The molecule has 1 spiro atoms. The van der Waals surface area contributed by atoms with E-state index in [9.17, 15) is 13.2 Å². The molecule has 2 rings (SSSR count). The average molecular weight is 263 g/mol. The van der Waals surface area contributed by atoms with Crippen LogP contribution in [-0.2, 0) is 14.6 Å². The minimum atomic E-state index is -3.10. The van der Waals surface area contributed by atoms with Gasteiger partial charge in [0.15, 0.2) is 9.84 Å². The van der Waals surface area contributed by atoms with Crippen molar-refractivity contribution in [2.75, 3.05) is 31.2 Å². The number of sulfone groups is 1. The third-order valence-corrected chi connectivity index (χ3v) is 5.07. The zero-order valence-electron chi connectivity index (χ0n) is 9.59. The topological polar surface area (TPSA) is 83.9 Å². The van der Waals surface area contributed by atoms with Crippen molar-refractivity contribution >= 4 is 15.9 Å². The van der Waals surface area contributed by atoms with Crippen molar-refractivity contribution in [3.05, 3.63) is 0 Å². The quantitative estimate of drug-likeness (QED) is 0.760. The normalized spacial score (nSPS) is 31.8. The van der Waals surface area contributed by atoms with Gasteiger partial charge in [0.1, 0.15) is 5.60 Å². The Labute approximate surface area is 100 Å². The van der Waals surface area contributed by atoms with Gasteiger partial charge in [-0.15, -0.1) is 0 Å². The molecule has 1 N–H and O–H groups in total. The van der Waals surface area contributed by atoms with Crippen LogP contribution >= 0.6 is 0 Å². The van der Waals surface area contributed by atoms with Gasteiger partial charge in [0.2, 0.25) is 0 Å². The number of aliphatic hydroxyl groups excluding tert-OH is 1. The molecular weight excluding hydrogens is 246 g/mol. The first-order valence-corrected chi connectivity index (χ1v) is 7.58. The predicted molar refractivity (Wildman–Crippen MR) is 60.4 cm³/mol. The molecule has 0 aromatic heterocycles. The lowest BCUT2D eigenvalue weighted by molar-refractivity contribution is 0.0641. The van der Waals surface area contributed by atoms with Crippen LogP contribution < -0.4 is 0 Å². The highest BCUT2D eigenvalue weighted by Crippen LogP contribution is 2.33. The van der Waals surface area contributed by atoms with Crippen LogP contribution in [0.3, 0.4) is 0 Å². The van der Waals surface area contributed by atoms with Crippen LogP contribution in [-0.4, -0.2) is 61.3 Å². The largest absolute Gasteiger partial charge is 0.440 e. The lowest BCUT2D eigenvalue weighted by atomic mass is 10.00. The van der Waals surface area contributed by atoms with Crippen LogP contribution in [0.25, 0.3) is 0 Å². The summed E-state index contributed by atoms with van der Waals surface area (Å²) in [6, 6.07) is 0. The summed E-state index contributed by atoms with van der Waals surface area (Å²) in [5.41, 5.74) is -0.844. The fourth-order valence-corrected chi connectivity index (χ4v) is 4.32. The average Bonchev–Trinajstić information content (AvgIpc) is 2.50. The van der Waals surface area contributed by atoms with Gasteiger partial charge in [0.25, 0.3) is 0 Å². The number of nitrogens with zero attached hydrogens (tertiary/aromatic N) is 1. The molecule has 0 aliphatic carbocycles. The number of hydrogen-bond donors (Lipinski definition) is 1. The maximum Gasteiger partial charge on any atom is 0.410 e. The number of rotatable bonds is 3. The second-order valence-electron chi connectivity index (χ2n) is 4.75. The van der Waals surface area contributed by atoms with Crippen LogP contribution in [0.4, 0.5) is 4.79 Å². The SMILES string of the molecule is O=C1OC2(CCCS(=O)(=O)C2)CN1CCCO. The zero-order valence-corrected chi connectivity index (χ0v) is 10.4. The van der Waals surface area contributed by atoms with Gasteiger partial charge in [-0.05, 0) is 19.3 Å². The monoisotopic (exact) mass is 263 g/mol. The second-order valence-corrected chi connectivity index (χ2v) is 6.93. The van der Waals surface area contributed by atoms with E-state index in [1.807, 2.05) is 0 Å². The Morgan fingerprint density at radius 2 is 2.24 bits per heavy atom. The minimum absolute atomic E-state index is 0.00901. The summed E-state index contributed by atoms with van der Waals surface area (Å²) in [6.07, 6.45) is 1.17. The molecule has 0 radical (unpaired) electrons. The molecular formula is C10H17NO5S. The van der Waals surface area contributed by atoms with Crippen LogP contribution in [0.5, 0.6) is 0 Å². The van der Waals surface area contributed by atoms with E-state index < -0.39 is 21.5 Å². The van der Waals surface area contributed by atoms with E-state index in [1.54, 1.807) is 0 Å². The Balaban J connectivity index is 2.06. The van der Waals surface area contributed by atoms with E-state index in [0.29, 0.717) is 32.4 Å². The number of aliphatic hydroxyl groups is 1. The fourth-order valence-electron chi connectivity index (χ4n) is 2.49. The van der Waals surface area contributed by atoms with E-state index in [-0.39, 0.29) is 18.1 Å². The summed E-state index contributed by atoms with van der Waals surface area (Å²) in [5.74, 6) is 0.115. The number of hydrogen-bond acceptors (Lipinski definition) is 5. The maximum atomic E-state index is 11.6. The molecule has 2 saturated heterocycles. The lowest BCUT2D eigenvalue weighted by Crippen LogP contribution is -2.45. The van der Waals surface area contributed by atoms with Gasteiger partial charge in [0.05, 0.1) is 18.1 Å². The van der Waals surface area contributed by atoms with E-state index in [0.717, 1.165) is 0 Å². The fraction of sp³-hybridized carbons (Fsp3) is 0.900. The smallest absolute Gasteiger partial charge is 0.410 e. The van der Waals surface area contributed by atoms with Gasteiger partial charge >= 0.3 is 6.09 Å². The summed E-state index contributed by atoms with van der Waals surface area (Å²) in [5, 5.41) is 8.72. The molecule has 7 heteroatoms. The molecule has 2 aliphatic rings. The first-order chi connectivity index (χ1) is 7.96. The Hall–Kier alpha value is -0.820. The van der Waals surface area contributed by atoms with E-state index in [4.69, 9.17) is 9.84 Å². The van der Waals surface area contributed by atoms with E-state index in [2.05, 4.69) is 0 Å². The van der Waals surface area contributed by atoms with Crippen molar-refractivity contribution in [1.29, 1.82) is 0 Å². The summed E-state index contributed by atoms with van der Waals surface area (Å²) in [4.78, 5) is 13.1. The summed E-state index contributed by atoms with van der Waals surface area (Å²) in [6.45, 7) is 0.747. The van der Waals surface area contributed by atoms with Gasteiger partial charge in [-0.1, -0.05) is 0 Å². The molecule has 1 amide bonds. The minimum Gasteiger partial charge on any atom is -0.440 e. The van der Waals surface area contributed by atoms with Gasteiger partial charge < -0.3 is 14.7 Å². The zero-order chi connectivity index (χ0) is 12.5. The van der Waals surface area contributed by atoms with Crippen molar-refractivity contribution in [1.82, 2.24) is 4.90 Å². The molecule has 0 aromatic rings. The predicted octanol–water partition coefficient (Wildman–Crippen LogP) is -0.232. The molecule has 98 valence electrons. The van der Waals surface area contributed by atoms with Gasteiger partial charge in [-0.2, -0.15) is 0 Å². The van der Waals surface area contributed by atoms with Crippen LogP contribution in [0.2, 0.25) is 0 Å². The highest BCUT2D eigenvalue weighted by atomic mass is 32.2. The van der Waals surface area contributed by atoms with E-state index in [1.165, 1.54) is 4.90 Å². The van der Waals surface area contributed by atoms with Crippen molar-refractivity contribution in [2.24, 2.45) is 0 Å². The Bertz CT molecular complexity index is 407. The molecule has 2 heterocycles. The highest BCUT2D eigenvalue weighted by Gasteiger charge is 2.49. The molecule has 17 heavy (non-hydrogen) atoms. The van der Waals surface area contributed by atoms with Crippen molar-refractivity contribution in [3.63, 3.8) is 0 Å².